The number of phenols is 1. The first-order chi connectivity index (χ1) is 18.9. The largest absolute Gasteiger partial charge is 0.511 e. The number of hydrogen-bond donors (Lipinski definition) is 6. The van der Waals surface area contributed by atoms with E-state index in [1.54, 1.807) is 38.0 Å². The van der Waals surface area contributed by atoms with Gasteiger partial charge in [0.2, 0.25) is 0 Å². The number of nitrogens with two attached hydrogens (primary N) is 1. The van der Waals surface area contributed by atoms with Gasteiger partial charge in [-0.1, -0.05) is 0 Å². The molecule has 3 aliphatic carbocycles. The summed E-state index contributed by atoms with van der Waals surface area (Å²) in [6.45, 7) is -0.153. The Kier molecular flexibility index (Phi) is 7.54. The Morgan fingerprint density at radius 3 is 2.39 bits per heavy atom. The number of rotatable bonds is 6. The van der Waals surface area contributed by atoms with E-state index in [4.69, 9.17) is 5.73 Å². The number of fused-ring (bicyclic) bond motifs is 3. The van der Waals surface area contributed by atoms with Crippen molar-refractivity contribution in [2.24, 2.45) is 28.6 Å². The van der Waals surface area contributed by atoms with Gasteiger partial charge in [-0.05, 0) is 57.3 Å². The lowest BCUT2D eigenvalue weighted by Gasteiger charge is -2.52. The van der Waals surface area contributed by atoms with Gasteiger partial charge in [-0.15, -0.1) is 0 Å². The van der Waals surface area contributed by atoms with E-state index >= 15 is 0 Å². The van der Waals surface area contributed by atoms with Gasteiger partial charge in [0.05, 0.1) is 29.3 Å². The number of Topliss-reactive ketones (excluding diaryl/α,β-unsaturated/α-hetero) is 1. The summed E-state index contributed by atoms with van der Waals surface area (Å²) in [5.41, 5.74) is 5.57. The van der Waals surface area contributed by atoms with Crippen molar-refractivity contribution in [2.45, 2.75) is 37.6 Å². The van der Waals surface area contributed by atoms with Crippen LogP contribution in [-0.2, 0) is 11.2 Å². The van der Waals surface area contributed by atoms with Crippen LogP contribution < -0.4 is 16.1 Å². The summed E-state index contributed by atoms with van der Waals surface area (Å²) < 4.78 is 37.5. The van der Waals surface area contributed by atoms with Gasteiger partial charge in [0.15, 0.2) is 5.78 Å². The second-order valence-electron chi connectivity index (χ2n) is 11.4. The lowest BCUT2D eigenvalue weighted by Crippen LogP contribution is -2.59. The molecular weight excluding hydrogens is 547 g/mol. The molecule has 0 heterocycles. The van der Waals surface area contributed by atoms with Crippen LogP contribution in [0.15, 0.2) is 33.8 Å². The molecule has 5 atom stereocenters. The molecule has 0 spiro atoms. The molecular formula is C27H34F3N5O6. The zero-order chi connectivity index (χ0) is 30.8. The molecule has 224 valence electrons. The Morgan fingerprint density at radius 2 is 1.85 bits per heavy atom. The predicted molar refractivity (Wildman–Crippen MR) is 144 cm³/mol. The zero-order valence-electron chi connectivity index (χ0n) is 23.2. The van der Waals surface area contributed by atoms with Gasteiger partial charge in [0.1, 0.15) is 29.4 Å². The van der Waals surface area contributed by atoms with Gasteiger partial charge < -0.3 is 36.5 Å². The molecule has 41 heavy (non-hydrogen) atoms. The number of aromatic hydroxyl groups is 1. The fourth-order valence-corrected chi connectivity index (χ4v) is 6.71. The second-order valence-corrected chi connectivity index (χ2v) is 11.4. The van der Waals surface area contributed by atoms with Crippen LogP contribution in [0.1, 0.15) is 34.8 Å². The molecule has 0 saturated carbocycles. The number of halogens is 3. The summed E-state index contributed by atoms with van der Waals surface area (Å²) in [5, 5.41) is 48.8. The number of nitrogens with zero attached hydrogens (tertiary/aromatic N) is 3. The van der Waals surface area contributed by atoms with E-state index in [-0.39, 0.29) is 29.5 Å². The molecule has 0 aliphatic heterocycles. The van der Waals surface area contributed by atoms with Crippen molar-refractivity contribution >= 4 is 23.6 Å². The molecule has 1 amide bonds. The summed E-state index contributed by atoms with van der Waals surface area (Å²) >= 11 is 0. The van der Waals surface area contributed by atoms with Crippen LogP contribution in [0, 0.1) is 17.8 Å². The van der Waals surface area contributed by atoms with Gasteiger partial charge in [0.25, 0.3) is 5.91 Å². The highest BCUT2D eigenvalue weighted by molar-refractivity contribution is 6.15. The van der Waals surface area contributed by atoms with E-state index in [0.29, 0.717) is 11.3 Å². The number of aliphatic hydroxyl groups is 3. The number of allylic oxidation sites excluding steroid dienone is 1. The number of primary amides is 1. The lowest BCUT2D eigenvalue weighted by atomic mass is 9.57. The Bertz CT molecular complexity index is 1380. The van der Waals surface area contributed by atoms with E-state index in [1.165, 1.54) is 13.0 Å². The Labute approximate surface area is 234 Å². The first-order valence-electron chi connectivity index (χ1n) is 12.9. The molecule has 1 aromatic carbocycles. The molecule has 7 N–H and O–H groups in total. The number of phenolic OH excluding ortho intramolecular Hbond substituents is 1. The summed E-state index contributed by atoms with van der Waals surface area (Å²) in [7, 11) is 6.74. The number of aliphatic hydroxyl groups excluding tert-OH is 2. The van der Waals surface area contributed by atoms with E-state index in [1.807, 2.05) is 5.43 Å². The van der Waals surface area contributed by atoms with Crippen LogP contribution in [0.2, 0.25) is 0 Å². The molecule has 3 aliphatic rings. The smallest absolute Gasteiger partial charge is 0.407 e. The molecule has 0 fully saturated rings. The Balaban J connectivity index is 1.87. The maximum absolute atomic E-state index is 14.0. The maximum atomic E-state index is 14.0. The van der Waals surface area contributed by atoms with Gasteiger partial charge in [0, 0.05) is 30.9 Å². The van der Waals surface area contributed by atoms with Crippen molar-refractivity contribution in [2.75, 3.05) is 39.6 Å². The van der Waals surface area contributed by atoms with Crippen LogP contribution in [-0.4, -0.2) is 95.8 Å². The van der Waals surface area contributed by atoms with Crippen molar-refractivity contribution in [1.29, 1.82) is 0 Å². The highest BCUT2D eigenvalue weighted by Crippen LogP contribution is 2.55. The number of amides is 1. The number of ketones is 1. The van der Waals surface area contributed by atoms with Crippen molar-refractivity contribution < 1.29 is 43.2 Å². The molecule has 11 nitrogen and oxygen atoms in total. The number of anilines is 1. The first kappa shape index (κ1) is 30.2. The van der Waals surface area contributed by atoms with Gasteiger partial charge >= 0.3 is 6.18 Å². The van der Waals surface area contributed by atoms with Crippen LogP contribution in [0.4, 0.5) is 18.9 Å². The number of benzene rings is 1. The summed E-state index contributed by atoms with van der Waals surface area (Å²) in [6, 6.07) is 0.703. The van der Waals surface area contributed by atoms with Gasteiger partial charge in [-0.2, -0.15) is 18.3 Å². The predicted octanol–water partition coefficient (Wildman–Crippen LogP) is 1.74. The Morgan fingerprint density at radius 1 is 1.22 bits per heavy atom. The minimum absolute atomic E-state index is 0.0242. The lowest BCUT2D eigenvalue weighted by molar-refractivity contribution is -0.124. The minimum Gasteiger partial charge on any atom is -0.511 e. The third kappa shape index (κ3) is 4.99. The van der Waals surface area contributed by atoms with Crippen LogP contribution in [0.5, 0.6) is 5.75 Å². The summed E-state index contributed by atoms with van der Waals surface area (Å²) in [4.78, 5) is 29.7. The van der Waals surface area contributed by atoms with Crippen LogP contribution in [0.25, 0.3) is 0 Å². The SMILES string of the molecule is CN(C)c1cc(/C=N/NCC(F)(F)F)c(O)c2c1CC1CC3C(C(O)=C1C2=O)C(C)(O)C(C(N)=O)=C(O)[C@H]3N(C)C. The highest BCUT2D eigenvalue weighted by atomic mass is 19.4. The molecule has 4 rings (SSSR count). The third-order valence-corrected chi connectivity index (χ3v) is 8.21. The molecule has 0 aromatic heterocycles. The number of carbonyl (C=O) groups is 2. The van der Waals surface area contributed by atoms with E-state index in [9.17, 15) is 43.2 Å². The Hall–Kier alpha value is -3.78. The topological polar surface area (TPSA) is 172 Å². The maximum Gasteiger partial charge on any atom is 0.407 e. The number of carbonyl (C=O) groups excluding carboxylic acids is 2. The molecule has 4 unspecified atom stereocenters. The summed E-state index contributed by atoms with van der Waals surface area (Å²) in [6.07, 6.45) is -3.10. The molecule has 0 saturated heterocycles. The first-order valence-corrected chi connectivity index (χ1v) is 12.9. The number of alkyl halides is 3. The van der Waals surface area contributed by atoms with E-state index in [0.717, 1.165) is 6.21 Å². The average molecular weight is 582 g/mol. The number of nitrogens with one attached hydrogen (secondary N) is 1. The van der Waals surface area contributed by atoms with E-state index < -0.39 is 76.6 Å². The summed E-state index contributed by atoms with van der Waals surface area (Å²) in [5.74, 6) is -5.55. The molecule has 1 aromatic rings. The number of likely N-dealkylation sites (N-methyl/N-ethyl adjacent to an activating group) is 1. The number of hydrogen-bond acceptors (Lipinski definition) is 10. The molecule has 0 bridgehead atoms. The van der Waals surface area contributed by atoms with Crippen LogP contribution >= 0.6 is 0 Å². The van der Waals surface area contributed by atoms with Crippen molar-refractivity contribution in [3.8, 4) is 5.75 Å². The highest BCUT2D eigenvalue weighted by Gasteiger charge is 2.59. The van der Waals surface area contributed by atoms with Gasteiger partial charge in [-0.3, -0.25) is 14.5 Å². The molecule has 14 heteroatoms. The fourth-order valence-electron chi connectivity index (χ4n) is 6.71. The second kappa shape index (κ2) is 10.2. The van der Waals surface area contributed by atoms with Crippen molar-refractivity contribution in [1.82, 2.24) is 10.3 Å². The quantitative estimate of drug-likeness (QED) is 0.216. The normalized spacial score (nSPS) is 28.1. The fraction of sp³-hybridized carbons (Fsp3) is 0.519. The van der Waals surface area contributed by atoms with Gasteiger partial charge in [-0.25, -0.2) is 0 Å². The van der Waals surface area contributed by atoms with E-state index in [2.05, 4.69) is 5.10 Å². The van der Waals surface area contributed by atoms with Crippen molar-refractivity contribution in [3.63, 3.8) is 0 Å². The minimum atomic E-state index is -4.51. The standard InChI is InChI=1S/C27H34F3N5O6/c1-26(41)18-14(20(35(4)5)24(39)19(26)25(31)40)7-11-6-13-15(34(2)3)8-12(9-32-33-10-27(28,29)30)21(36)17(13)22(37)16(11)23(18)38/h8-9,11,14,18,20,33,36,38-39,41H,6-7,10H2,1-5H3,(H2,31,40)/b32-9+/t11?,14?,18?,20-,26?/m0/s1. The average Bonchev–Trinajstić information content (AvgIpc) is 2.80. The molecule has 0 radical (unpaired) electrons. The monoisotopic (exact) mass is 581 g/mol. The van der Waals surface area contributed by atoms with Crippen molar-refractivity contribution in [3.05, 3.63) is 45.4 Å². The van der Waals surface area contributed by atoms with Crippen LogP contribution in [0.3, 0.4) is 0 Å². The number of hydrazone groups is 1. The zero-order valence-corrected chi connectivity index (χ0v) is 23.2. The third-order valence-electron chi connectivity index (χ3n) is 8.21.